The Morgan fingerprint density at radius 3 is 2.79 bits per heavy atom. The summed E-state index contributed by atoms with van der Waals surface area (Å²) in [6.07, 6.45) is 1.45. The number of hydrogen-bond acceptors (Lipinski definition) is 4. The maximum absolute atomic E-state index is 12.2. The lowest BCUT2D eigenvalue weighted by atomic mass is 10.1. The molecule has 0 aliphatic rings. The molecule has 19 heavy (non-hydrogen) atoms. The van der Waals surface area contributed by atoms with Crippen molar-refractivity contribution in [1.82, 2.24) is 4.57 Å². The van der Waals surface area contributed by atoms with E-state index < -0.39 is 11.3 Å². The Kier molecular flexibility index (Phi) is 3.52. The zero-order chi connectivity index (χ0) is 14.0. The summed E-state index contributed by atoms with van der Waals surface area (Å²) in [6.45, 7) is 0.946. The summed E-state index contributed by atoms with van der Waals surface area (Å²) in [4.78, 5) is 23.5. The summed E-state index contributed by atoms with van der Waals surface area (Å²) in [5.74, 6) is -0.763. The molecule has 0 unspecified atom stereocenters. The number of nitrogens with two attached hydrogens (primary N) is 2. The van der Waals surface area contributed by atoms with Gasteiger partial charge in [-0.2, -0.15) is 0 Å². The minimum absolute atomic E-state index is 0.0681. The second-order valence-electron chi connectivity index (χ2n) is 4.16. The zero-order valence-electron chi connectivity index (χ0n) is 10.6. The Balaban J connectivity index is 2.80. The number of nitrogens with zero attached hydrogens (tertiary/aromatic N) is 1. The second-order valence-corrected chi connectivity index (χ2v) is 4.16. The summed E-state index contributed by atoms with van der Waals surface area (Å²) in [5.41, 5.74) is 11.5. The maximum Gasteiger partial charge on any atom is 0.254 e. The van der Waals surface area contributed by atoms with E-state index >= 15 is 0 Å². The van der Waals surface area contributed by atoms with Gasteiger partial charge in [0.1, 0.15) is 5.56 Å². The summed E-state index contributed by atoms with van der Waals surface area (Å²) in [6, 6.07) is 5.15. The van der Waals surface area contributed by atoms with E-state index in [1.165, 1.54) is 6.20 Å². The number of methoxy groups -OCH3 is 1. The van der Waals surface area contributed by atoms with Crippen LogP contribution in [-0.4, -0.2) is 24.2 Å². The van der Waals surface area contributed by atoms with Crippen molar-refractivity contribution in [3.8, 4) is 0 Å². The molecule has 4 N–H and O–H groups in total. The Morgan fingerprint density at radius 2 is 2.16 bits per heavy atom. The van der Waals surface area contributed by atoms with Crippen LogP contribution in [0.2, 0.25) is 0 Å². The third-order valence-corrected chi connectivity index (χ3v) is 2.94. The number of aromatic nitrogens is 1. The Bertz CT molecular complexity index is 691. The largest absolute Gasteiger partial charge is 0.398 e. The highest BCUT2D eigenvalue weighted by Crippen LogP contribution is 2.18. The van der Waals surface area contributed by atoms with Gasteiger partial charge in [-0.25, -0.2) is 0 Å². The molecule has 2 aromatic rings. The quantitative estimate of drug-likeness (QED) is 0.774. The number of primary amides is 1. The number of pyridine rings is 1. The van der Waals surface area contributed by atoms with E-state index in [1.54, 1.807) is 29.9 Å². The summed E-state index contributed by atoms with van der Waals surface area (Å²) < 4.78 is 6.76. The number of hydrogen-bond donors (Lipinski definition) is 2. The molecule has 1 amide bonds. The highest BCUT2D eigenvalue weighted by atomic mass is 16.5. The fraction of sp³-hybridized carbons (Fsp3) is 0.231. The van der Waals surface area contributed by atoms with Crippen LogP contribution in [-0.2, 0) is 11.3 Å². The van der Waals surface area contributed by atoms with Crippen molar-refractivity contribution in [1.29, 1.82) is 0 Å². The third kappa shape index (κ3) is 2.30. The molecule has 0 fully saturated rings. The molecule has 0 aliphatic carbocycles. The van der Waals surface area contributed by atoms with Crippen LogP contribution in [0.25, 0.3) is 10.9 Å². The van der Waals surface area contributed by atoms with E-state index in [1.807, 2.05) is 0 Å². The van der Waals surface area contributed by atoms with Crippen LogP contribution in [0.5, 0.6) is 0 Å². The molecule has 1 aromatic carbocycles. The summed E-state index contributed by atoms with van der Waals surface area (Å²) in [5, 5.41) is 0.315. The van der Waals surface area contributed by atoms with E-state index in [9.17, 15) is 9.59 Å². The molecule has 1 aromatic heterocycles. The highest BCUT2D eigenvalue weighted by molar-refractivity contribution is 5.99. The van der Waals surface area contributed by atoms with Crippen molar-refractivity contribution in [3.63, 3.8) is 0 Å². The summed E-state index contributed by atoms with van der Waals surface area (Å²) >= 11 is 0. The van der Waals surface area contributed by atoms with Crippen molar-refractivity contribution in [3.05, 3.63) is 40.2 Å². The van der Waals surface area contributed by atoms with Crippen molar-refractivity contribution in [2.24, 2.45) is 5.73 Å². The monoisotopic (exact) mass is 261 g/mol. The Morgan fingerprint density at radius 1 is 1.42 bits per heavy atom. The Hall–Kier alpha value is -2.34. The molecule has 0 aliphatic heterocycles. The molecule has 0 saturated carbocycles. The van der Waals surface area contributed by atoms with Gasteiger partial charge >= 0.3 is 0 Å². The van der Waals surface area contributed by atoms with Crippen molar-refractivity contribution in [2.75, 3.05) is 19.5 Å². The lowest BCUT2D eigenvalue weighted by Gasteiger charge is -2.13. The molecule has 0 bridgehead atoms. The molecule has 6 heteroatoms. The normalized spacial score (nSPS) is 10.8. The molecule has 0 atom stereocenters. The van der Waals surface area contributed by atoms with E-state index in [4.69, 9.17) is 16.2 Å². The smallest absolute Gasteiger partial charge is 0.254 e. The number of rotatable bonds is 4. The average molecular weight is 261 g/mol. The molecule has 0 spiro atoms. The van der Waals surface area contributed by atoms with Gasteiger partial charge in [-0.15, -0.1) is 0 Å². The van der Waals surface area contributed by atoms with Crippen LogP contribution in [0.4, 0.5) is 5.69 Å². The van der Waals surface area contributed by atoms with Gasteiger partial charge in [-0.05, 0) is 12.1 Å². The first-order chi connectivity index (χ1) is 9.06. The number of carbonyl (C=O) groups excluding carboxylic acids is 1. The molecule has 0 saturated heterocycles. The number of nitrogen functional groups attached to an aromatic ring is 1. The molecule has 6 nitrogen and oxygen atoms in total. The molecule has 1 heterocycles. The second kappa shape index (κ2) is 5.11. The van der Waals surface area contributed by atoms with Crippen LogP contribution in [0.3, 0.4) is 0 Å². The van der Waals surface area contributed by atoms with Crippen LogP contribution in [0, 0.1) is 0 Å². The van der Waals surface area contributed by atoms with E-state index in [0.717, 1.165) is 0 Å². The lowest BCUT2D eigenvalue weighted by Crippen LogP contribution is -2.25. The number of carbonyl (C=O) groups is 1. The molecule has 2 rings (SSSR count). The number of anilines is 1. The van der Waals surface area contributed by atoms with Gasteiger partial charge in [0.25, 0.3) is 5.91 Å². The topological polar surface area (TPSA) is 100 Å². The van der Waals surface area contributed by atoms with Crippen LogP contribution < -0.4 is 16.9 Å². The van der Waals surface area contributed by atoms with Gasteiger partial charge in [0.15, 0.2) is 0 Å². The van der Waals surface area contributed by atoms with Gasteiger partial charge < -0.3 is 20.8 Å². The van der Waals surface area contributed by atoms with Gasteiger partial charge in [-0.3, -0.25) is 9.59 Å². The maximum atomic E-state index is 12.2. The van der Waals surface area contributed by atoms with Gasteiger partial charge in [0, 0.05) is 25.5 Å². The van der Waals surface area contributed by atoms with E-state index in [0.29, 0.717) is 29.7 Å². The number of amides is 1. The first-order valence-electron chi connectivity index (χ1n) is 5.76. The molecular formula is C13H15N3O3. The minimum atomic E-state index is -0.763. The average Bonchev–Trinajstić information content (AvgIpc) is 2.37. The van der Waals surface area contributed by atoms with Crippen LogP contribution in [0.15, 0.2) is 29.2 Å². The van der Waals surface area contributed by atoms with E-state index in [2.05, 4.69) is 0 Å². The first kappa shape index (κ1) is 13.1. The first-order valence-corrected chi connectivity index (χ1v) is 5.76. The van der Waals surface area contributed by atoms with Gasteiger partial charge in [0.05, 0.1) is 17.5 Å². The molecular weight excluding hydrogens is 246 g/mol. The van der Waals surface area contributed by atoms with Crippen LogP contribution >= 0.6 is 0 Å². The SMILES string of the molecule is COCCn1cc(C(N)=O)c(=O)c2c(N)cccc21. The van der Waals surface area contributed by atoms with E-state index in [-0.39, 0.29) is 5.56 Å². The minimum Gasteiger partial charge on any atom is -0.398 e. The van der Waals surface area contributed by atoms with Gasteiger partial charge in [-0.1, -0.05) is 6.07 Å². The van der Waals surface area contributed by atoms with Crippen molar-refractivity contribution in [2.45, 2.75) is 6.54 Å². The molecule has 100 valence electrons. The number of ether oxygens (including phenoxy) is 1. The molecule has 0 radical (unpaired) electrons. The van der Waals surface area contributed by atoms with Crippen molar-refractivity contribution >= 4 is 22.5 Å². The predicted molar refractivity (Wildman–Crippen MR) is 73.0 cm³/mol. The third-order valence-electron chi connectivity index (χ3n) is 2.94. The Labute approximate surface area is 109 Å². The lowest BCUT2D eigenvalue weighted by molar-refractivity contribution is 0.0998. The van der Waals surface area contributed by atoms with Gasteiger partial charge in [0.2, 0.25) is 5.43 Å². The number of fused-ring (bicyclic) bond motifs is 1. The predicted octanol–water partition coefficient (Wildman–Crippen LogP) is 0.329. The summed E-state index contributed by atoms with van der Waals surface area (Å²) in [7, 11) is 1.58. The van der Waals surface area contributed by atoms with Crippen molar-refractivity contribution < 1.29 is 9.53 Å². The van der Waals surface area contributed by atoms with Crippen LogP contribution in [0.1, 0.15) is 10.4 Å². The zero-order valence-corrected chi connectivity index (χ0v) is 10.6. The fourth-order valence-electron chi connectivity index (χ4n) is 2.01. The fourth-order valence-corrected chi connectivity index (χ4v) is 2.01. The highest BCUT2D eigenvalue weighted by Gasteiger charge is 2.14. The number of benzene rings is 1. The standard InChI is InChI=1S/C13H15N3O3/c1-19-6-5-16-7-8(13(15)18)12(17)11-9(14)3-2-4-10(11)16/h2-4,7H,5-6,14H2,1H3,(H2,15,18).